The van der Waals surface area contributed by atoms with Crippen LogP contribution in [0.1, 0.15) is 52.4 Å². The van der Waals surface area contributed by atoms with Gasteiger partial charge in [0.25, 0.3) is 0 Å². The number of halogens is 1. The predicted octanol–water partition coefficient (Wildman–Crippen LogP) is 5.54. The van der Waals surface area contributed by atoms with Crippen molar-refractivity contribution in [3.8, 4) is 0 Å². The Balaban J connectivity index is 1.38. The number of amides is 1. The van der Waals surface area contributed by atoms with Crippen LogP contribution >= 0.6 is 23.4 Å². The molecule has 1 aromatic carbocycles. The summed E-state index contributed by atoms with van der Waals surface area (Å²) in [6.45, 7) is 4.26. The Morgan fingerprint density at radius 2 is 1.60 bits per heavy atom. The third kappa shape index (κ3) is 3.60. The normalized spacial score (nSPS) is 35.4. The first kappa shape index (κ1) is 17.7. The van der Waals surface area contributed by atoms with Crippen LogP contribution in [0.5, 0.6) is 0 Å². The summed E-state index contributed by atoms with van der Waals surface area (Å²) in [7, 11) is 0. The van der Waals surface area contributed by atoms with E-state index >= 15 is 0 Å². The van der Waals surface area contributed by atoms with Crippen molar-refractivity contribution in [1.29, 1.82) is 0 Å². The van der Waals surface area contributed by atoms with E-state index in [1.807, 2.05) is 31.2 Å². The van der Waals surface area contributed by atoms with Crippen molar-refractivity contribution in [3.05, 3.63) is 29.3 Å². The average molecular weight is 378 g/mol. The Hall–Kier alpha value is -0.670. The minimum absolute atomic E-state index is 0.0856. The van der Waals surface area contributed by atoms with Crippen LogP contribution in [0.2, 0.25) is 5.02 Å². The van der Waals surface area contributed by atoms with E-state index in [1.165, 1.54) is 38.5 Å². The summed E-state index contributed by atoms with van der Waals surface area (Å²) in [5.74, 6) is 2.94. The molecule has 1 aromatic rings. The summed E-state index contributed by atoms with van der Waals surface area (Å²) in [5.41, 5.74) is 0.370. The molecule has 1 N–H and O–H groups in total. The van der Waals surface area contributed by atoms with Crippen LogP contribution in [0.15, 0.2) is 29.2 Å². The predicted molar refractivity (Wildman–Crippen MR) is 105 cm³/mol. The SMILES string of the molecule is CC(Sc1ccc(Cl)cc1)C(=O)NC(C)C12CC3CC(CC(C3)C1)C2. The third-order valence-electron chi connectivity index (χ3n) is 6.86. The lowest BCUT2D eigenvalue weighted by atomic mass is 9.48. The summed E-state index contributed by atoms with van der Waals surface area (Å²) in [5, 5.41) is 4.03. The van der Waals surface area contributed by atoms with E-state index in [0.717, 1.165) is 27.7 Å². The number of hydrogen-bond acceptors (Lipinski definition) is 2. The van der Waals surface area contributed by atoms with Crippen LogP contribution in [0, 0.1) is 23.2 Å². The maximum atomic E-state index is 12.8. The van der Waals surface area contributed by atoms with Gasteiger partial charge < -0.3 is 5.32 Å². The van der Waals surface area contributed by atoms with Gasteiger partial charge in [-0.2, -0.15) is 0 Å². The van der Waals surface area contributed by atoms with Crippen LogP contribution in [0.3, 0.4) is 0 Å². The van der Waals surface area contributed by atoms with E-state index in [4.69, 9.17) is 11.6 Å². The maximum absolute atomic E-state index is 12.8. The van der Waals surface area contributed by atoms with Gasteiger partial charge in [-0.05, 0) is 99.8 Å². The summed E-state index contributed by atoms with van der Waals surface area (Å²) in [6, 6.07) is 8.03. The summed E-state index contributed by atoms with van der Waals surface area (Å²) < 4.78 is 0. The molecule has 1 amide bonds. The van der Waals surface area contributed by atoms with Gasteiger partial charge in [-0.1, -0.05) is 11.6 Å². The molecule has 4 bridgehead atoms. The second-order valence-corrected chi connectivity index (χ2v) is 10.6. The third-order valence-corrected chi connectivity index (χ3v) is 8.22. The first-order valence-corrected chi connectivity index (χ1v) is 10.9. The minimum Gasteiger partial charge on any atom is -0.352 e. The molecular formula is C21H28ClNOS. The molecule has 0 aliphatic heterocycles. The number of rotatable bonds is 5. The molecule has 5 rings (SSSR count). The first-order valence-electron chi connectivity index (χ1n) is 9.66. The molecule has 25 heavy (non-hydrogen) atoms. The second-order valence-electron chi connectivity index (χ2n) is 8.72. The Kier molecular flexibility index (Phi) is 4.83. The number of nitrogens with one attached hydrogen (secondary N) is 1. The van der Waals surface area contributed by atoms with Gasteiger partial charge in [-0.15, -0.1) is 11.8 Å². The standard InChI is InChI=1S/C21H28ClNOS/c1-13(25-19-5-3-18(22)4-6-19)20(24)23-14(2)21-10-15-7-16(11-21)9-17(8-15)12-21/h3-6,13-17H,7-12H2,1-2H3,(H,23,24). The summed E-state index contributed by atoms with van der Waals surface area (Å²) in [4.78, 5) is 13.9. The lowest BCUT2D eigenvalue weighted by Gasteiger charge is -2.59. The molecular weight excluding hydrogens is 350 g/mol. The molecule has 136 valence electrons. The quantitative estimate of drug-likeness (QED) is 0.682. The highest BCUT2D eigenvalue weighted by Gasteiger charge is 2.53. The zero-order valence-corrected chi connectivity index (χ0v) is 16.7. The molecule has 0 aromatic heterocycles. The van der Waals surface area contributed by atoms with E-state index in [-0.39, 0.29) is 11.2 Å². The van der Waals surface area contributed by atoms with Crippen molar-refractivity contribution in [3.63, 3.8) is 0 Å². The Bertz CT molecular complexity index is 609. The van der Waals surface area contributed by atoms with E-state index in [9.17, 15) is 4.79 Å². The molecule has 2 nitrogen and oxygen atoms in total. The molecule has 0 heterocycles. The highest BCUT2D eigenvalue weighted by atomic mass is 35.5. The van der Waals surface area contributed by atoms with Gasteiger partial charge in [0.05, 0.1) is 5.25 Å². The van der Waals surface area contributed by atoms with Gasteiger partial charge in [-0.3, -0.25) is 4.79 Å². The van der Waals surface area contributed by atoms with E-state index in [1.54, 1.807) is 11.8 Å². The topological polar surface area (TPSA) is 29.1 Å². The molecule has 4 aliphatic carbocycles. The average Bonchev–Trinajstić information content (AvgIpc) is 2.55. The van der Waals surface area contributed by atoms with Crippen molar-refractivity contribution in [2.24, 2.45) is 23.2 Å². The monoisotopic (exact) mass is 377 g/mol. The number of thioether (sulfide) groups is 1. The number of carbonyl (C=O) groups is 1. The molecule has 0 spiro atoms. The number of benzene rings is 1. The molecule has 4 heteroatoms. The van der Waals surface area contributed by atoms with Gasteiger partial charge in [0.1, 0.15) is 0 Å². The lowest BCUT2D eigenvalue weighted by molar-refractivity contribution is -0.125. The first-order chi connectivity index (χ1) is 11.9. The molecule has 4 fully saturated rings. The number of hydrogen-bond donors (Lipinski definition) is 1. The van der Waals surface area contributed by atoms with Crippen molar-refractivity contribution in [2.45, 2.75) is 68.6 Å². The lowest BCUT2D eigenvalue weighted by Crippen LogP contribution is -2.56. The summed E-state index contributed by atoms with van der Waals surface area (Å²) >= 11 is 7.55. The fourth-order valence-corrected chi connectivity index (χ4v) is 6.97. The van der Waals surface area contributed by atoms with Crippen molar-refractivity contribution in [1.82, 2.24) is 5.32 Å². The molecule has 0 radical (unpaired) electrons. The van der Waals surface area contributed by atoms with E-state index in [0.29, 0.717) is 11.5 Å². The smallest absolute Gasteiger partial charge is 0.233 e. The van der Waals surface area contributed by atoms with Crippen LogP contribution in [0.4, 0.5) is 0 Å². The van der Waals surface area contributed by atoms with Crippen LogP contribution in [-0.2, 0) is 4.79 Å². The van der Waals surface area contributed by atoms with Crippen LogP contribution < -0.4 is 5.32 Å². The zero-order valence-electron chi connectivity index (χ0n) is 15.1. The van der Waals surface area contributed by atoms with Gasteiger partial charge in [-0.25, -0.2) is 0 Å². The highest BCUT2D eigenvalue weighted by Crippen LogP contribution is 2.61. The Morgan fingerprint density at radius 1 is 1.08 bits per heavy atom. The van der Waals surface area contributed by atoms with Crippen molar-refractivity contribution < 1.29 is 4.79 Å². The van der Waals surface area contributed by atoms with Gasteiger partial charge in [0.15, 0.2) is 0 Å². The molecule has 4 aliphatic rings. The fourth-order valence-electron chi connectivity index (χ4n) is 5.96. The molecule has 0 saturated heterocycles. The highest BCUT2D eigenvalue weighted by molar-refractivity contribution is 8.00. The summed E-state index contributed by atoms with van der Waals surface area (Å²) in [6.07, 6.45) is 8.34. The largest absolute Gasteiger partial charge is 0.352 e. The van der Waals surface area contributed by atoms with E-state index < -0.39 is 0 Å². The zero-order chi connectivity index (χ0) is 17.6. The van der Waals surface area contributed by atoms with Gasteiger partial charge in [0, 0.05) is 16.0 Å². The van der Waals surface area contributed by atoms with Crippen molar-refractivity contribution >= 4 is 29.3 Å². The molecule has 4 saturated carbocycles. The maximum Gasteiger partial charge on any atom is 0.233 e. The Morgan fingerprint density at radius 3 is 2.12 bits per heavy atom. The fraction of sp³-hybridized carbons (Fsp3) is 0.667. The van der Waals surface area contributed by atoms with Crippen molar-refractivity contribution in [2.75, 3.05) is 0 Å². The van der Waals surface area contributed by atoms with Crippen LogP contribution in [0.25, 0.3) is 0 Å². The Labute approximate surface area is 160 Å². The molecule has 2 atom stereocenters. The van der Waals surface area contributed by atoms with Gasteiger partial charge in [0.2, 0.25) is 5.91 Å². The molecule has 2 unspecified atom stereocenters. The van der Waals surface area contributed by atoms with Gasteiger partial charge >= 0.3 is 0 Å². The minimum atomic E-state index is -0.0856. The second kappa shape index (κ2) is 6.81. The van der Waals surface area contributed by atoms with Crippen LogP contribution in [-0.4, -0.2) is 17.2 Å². The van der Waals surface area contributed by atoms with E-state index in [2.05, 4.69) is 12.2 Å². The number of carbonyl (C=O) groups excluding carboxylic acids is 1.